The van der Waals surface area contributed by atoms with E-state index < -0.39 is 0 Å². The maximum Gasteiger partial charge on any atom is 0.0406 e. The quantitative estimate of drug-likeness (QED) is 0.851. The Bertz CT molecular complexity index is 339. The third-order valence-electron chi connectivity index (χ3n) is 4.14. The van der Waals surface area contributed by atoms with Crippen LogP contribution in [0.2, 0.25) is 5.02 Å². The van der Waals surface area contributed by atoms with Crippen molar-refractivity contribution < 1.29 is 0 Å². The summed E-state index contributed by atoms with van der Waals surface area (Å²) in [6.07, 6.45) is 10.5. The summed E-state index contributed by atoms with van der Waals surface area (Å²) in [5.41, 5.74) is 7.72. The van der Waals surface area contributed by atoms with Crippen molar-refractivity contribution in [2.45, 2.75) is 57.4 Å². The molecule has 0 saturated heterocycles. The van der Waals surface area contributed by atoms with Crippen LogP contribution in [0.1, 0.15) is 50.5 Å². The van der Waals surface area contributed by atoms with Crippen molar-refractivity contribution in [3.63, 3.8) is 0 Å². The van der Waals surface area contributed by atoms with Gasteiger partial charge in [-0.25, -0.2) is 0 Å². The lowest BCUT2D eigenvalue weighted by molar-refractivity contribution is 0.322. The molecule has 0 heterocycles. The maximum absolute atomic E-state index is 6.41. The van der Waals surface area contributed by atoms with Crippen molar-refractivity contribution in [1.29, 1.82) is 0 Å². The van der Waals surface area contributed by atoms with Crippen LogP contribution < -0.4 is 5.73 Å². The molecule has 1 unspecified atom stereocenters. The second-order valence-corrected chi connectivity index (χ2v) is 6.04. The number of benzene rings is 1. The minimum Gasteiger partial charge on any atom is -0.327 e. The molecule has 0 aliphatic heterocycles. The number of hydrogen-bond donors (Lipinski definition) is 1. The van der Waals surface area contributed by atoms with E-state index in [9.17, 15) is 0 Å². The van der Waals surface area contributed by atoms with Crippen LogP contribution >= 0.6 is 11.6 Å². The summed E-state index contributed by atoms with van der Waals surface area (Å²) in [4.78, 5) is 0. The topological polar surface area (TPSA) is 26.0 Å². The molecule has 18 heavy (non-hydrogen) atoms. The fraction of sp³-hybridized carbons (Fsp3) is 0.625. The molecule has 0 spiro atoms. The second-order valence-electron chi connectivity index (χ2n) is 5.60. The first-order chi connectivity index (χ1) is 8.75. The lowest BCUT2D eigenvalue weighted by Gasteiger charge is -2.26. The molecule has 2 rings (SSSR count). The van der Waals surface area contributed by atoms with Crippen LogP contribution in [-0.2, 0) is 6.42 Å². The van der Waals surface area contributed by atoms with Gasteiger partial charge in [-0.3, -0.25) is 0 Å². The van der Waals surface area contributed by atoms with Gasteiger partial charge < -0.3 is 5.73 Å². The molecule has 100 valence electrons. The Kier molecular flexibility index (Phi) is 5.52. The number of rotatable bonds is 3. The van der Waals surface area contributed by atoms with Gasteiger partial charge in [0.15, 0.2) is 0 Å². The van der Waals surface area contributed by atoms with Gasteiger partial charge in [0.05, 0.1) is 0 Å². The van der Waals surface area contributed by atoms with Crippen molar-refractivity contribution >= 4 is 11.6 Å². The summed E-state index contributed by atoms with van der Waals surface area (Å²) >= 11 is 5.91. The minimum absolute atomic E-state index is 0.310. The molecule has 2 heteroatoms. The summed E-state index contributed by atoms with van der Waals surface area (Å²) in [7, 11) is 0. The van der Waals surface area contributed by atoms with E-state index in [0.717, 1.165) is 11.4 Å². The van der Waals surface area contributed by atoms with E-state index in [4.69, 9.17) is 17.3 Å². The zero-order chi connectivity index (χ0) is 12.8. The zero-order valence-electron chi connectivity index (χ0n) is 11.1. The van der Waals surface area contributed by atoms with Crippen LogP contribution in [0.25, 0.3) is 0 Å². The summed E-state index contributed by atoms with van der Waals surface area (Å²) in [6, 6.07) is 8.43. The Morgan fingerprint density at radius 1 is 1.00 bits per heavy atom. The Balaban J connectivity index is 1.89. The summed E-state index contributed by atoms with van der Waals surface area (Å²) in [5.74, 6) is 0.709. The highest BCUT2D eigenvalue weighted by Gasteiger charge is 2.18. The van der Waals surface area contributed by atoms with Crippen LogP contribution in [0.4, 0.5) is 0 Å². The van der Waals surface area contributed by atoms with E-state index in [-0.39, 0.29) is 0 Å². The molecule has 2 N–H and O–H groups in total. The predicted molar refractivity (Wildman–Crippen MR) is 78.9 cm³/mol. The van der Waals surface area contributed by atoms with Crippen LogP contribution in [0, 0.1) is 5.92 Å². The first kappa shape index (κ1) is 13.9. The Morgan fingerprint density at radius 3 is 2.17 bits per heavy atom. The van der Waals surface area contributed by atoms with Gasteiger partial charge in [0.25, 0.3) is 0 Å². The molecular formula is C16H24ClN. The fourth-order valence-corrected chi connectivity index (χ4v) is 3.10. The fourth-order valence-electron chi connectivity index (χ4n) is 2.98. The molecule has 1 aromatic carbocycles. The van der Waals surface area contributed by atoms with E-state index in [0.29, 0.717) is 12.0 Å². The van der Waals surface area contributed by atoms with Gasteiger partial charge in [-0.05, 0) is 42.9 Å². The SMILES string of the molecule is NC(Cc1ccc(Cl)cc1)C1CCCCCCC1. The van der Waals surface area contributed by atoms with E-state index in [1.165, 1.54) is 50.5 Å². The number of hydrogen-bond acceptors (Lipinski definition) is 1. The summed E-state index contributed by atoms with van der Waals surface area (Å²) in [6.45, 7) is 0. The first-order valence-corrected chi connectivity index (χ1v) is 7.63. The van der Waals surface area contributed by atoms with Gasteiger partial charge in [-0.1, -0.05) is 55.8 Å². The van der Waals surface area contributed by atoms with Gasteiger partial charge in [0.1, 0.15) is 0 Å². The predicted octanol–water partition coefficient (Wildman–Crippen LogP) is 4.57. The second kappa shape index (κ2) is 7.16. The molecule has 1 aliphatic carbocycles. The van der Waals surface area contributed by atoms with Crippen molar-refractivity contribution in [2.75, 3.05) is 0 Å². The van der Waals surface area contributed by atoms with E-state index in [2.05, 4.69) is 12.1 Å². The van der Waals surface area contributed by atoms with E-state index in [1.54, 1.807) is 0 Å². The van der Waals surface area contributed by atoms with Crippen LogP contribution in [-0.4, -0.2) is 6.04 Å². The summed E-state index contributed by atoms with van der Waals surface area (Å²) < 4.78 is 0. The van der Waals surface area contributed by atoms with Crippen LogP contribution in [0.3, 0.4) is 0 Å². The monoisotopic (exact) mass is 265 g/mol. The Labute approximate surface area is 116 Å². The number of nitrogens with two attached hydrogens (primary N) is 1. The van der Waals surface area contributed by atoms with Gasteiger partial charge in [0, 0.05) is 11.1 Å². The third-order valence-corrected chi connectivity index (χ3v) is 4.39. The molecule has 1 saturated carbocycles. The lowest BCUT2D eigenvalue weighted by Crippen LogP contribution is -2.32. The molecule has 0 bridgehead atoms. The van der Waals surface area contributed by atoms with E-state index >= 15 is 0 Å². The lowest BCUT2D eigenvalue weighted by atomic mass is 9.84. The van der Waals surface area contributed by atoms with Gasteiger partial charge >= 0.3 is 0 Å². The van der Waals surface area contributed by atoms with Gasteiger partial charge in [-0.2, -0.15) is 0 Å². The molecule has 1 nitrogen and oxygen atoms in total. The van der Waals surface area contributed by atoms with Crippen LogP contribution in [0.15, 0.2) is 24.3 Å². The average molecular weight is 266 g/mol. The van der Waals surface area contributed by atoms with Crippen LogP contribution in [0.5, 0.6) is 0 Å². The average Bonchev–Trinajstić information content (AvgIpc) is 2.31. The van der Waals surface area contributed by atoms with Crippen molar-refractivity contribution in [3.05, 3.63) is 34.9 Å². The maximum atomic E-state index is 6.41. The highest BCUT2D eigenvalue weighted by molar-refractivity contribution is 6.30. The standard InChI is InChI=1S/C16H24ClN/c17-15-10-8-13(9-11-15)12-16(18)14-6-4-2-1-3-5-7-14/h8-11,14,16H,1-7,12,18H2. The smallest absolute Gasteiger partial charge is 0.0406 e. The molecule has 1 atom stereocenters. The normalized spacial score (nSPS) is 20.1. The van der Waals surface area contributed by atoms with Gasteiger partial charge in [0.2, 0.25) is 0 Å². The summed E-state index contributed by atoms with van der Waals surface area (Å²) in [5, 5.41) is 0.804. The Hall–Kier alpha value is -0.530. The van der Waals surface area contributed by atoms with Crippen molar-refractivity contribution in [1.82, 2.24) is 0 Å². The molecule has 0 aromatic heterocycles. The zero-order valence-corrected chi connectivity index (χ0v) is 11.8. The minimum atomic E-state index is 0.310. The molecule has 1 fully saturated rings. The highest BCUT2D eigenvalue weighted by atomic mass is 35.5. The molecule has 1 aliphatic rings. The third kappa shape index (κ3) is 4.29. The Morgan fingerprint density at radius 2 is 1.56 bits per heavy atom. The molecule has 1 aromatic rings. The number of halogens is 1. The highest BCUT2D eigenvalue weighted by Crippen LogP contribution is 2.25. The largest absolute Gasteiger partial charge is 0.327 e. The van der Waals surface area contributed by atoms with Crippen molar-refractivity contribution in [3.8, 4) is 0 Å². The molecule has 0 amide bonds. The van der Waals surface area contributed by atoms with Crippen molar-refractivity contribution in [2.24, 2.45) is 11.7 Å². The molecule has 0 radical (unpaired) electrons. The first-order valence-electron chi connectivity index (χ1n) is 7.26. The van der Waals surface area contributed by atoms with E-state index in [1.807, 2.05) is 12.1 Å². The molecular weight excluding hydrogens is 242 g/mol. The van der Waals surface area contributed by atoms with Gasteiger partial charge in [-0.15, -0.1) is 0 Å².